The minimum absolute atomic E-state index is 0.351. The van der Waals surface area contributed by atoms with Gasteiger partial charge in [-0.05, 0) is 144 Å². The number of nitrogens with one attached hydrogen (secondary N) is 1. The van der Waals surface area contributed by atoms with Gasteiger partial charge in [-0.15, -0.1) is 0 Å². The lowest BCUT2D eigenvalue weighted by molar-refractivity contribution is 0.617. The number of hydrogen-bond donors (Lipinski definition) is 1. The van der Waals surface area contributed by atoms with E-state index in [0.717, 1.165) is 24.2 Å². The third kappa shape index (κ3) is 4.87. The van der Waals surface area contributed by atoms with Crippen molar-refractivity contribution in [2.45, 2.75) is 52.4 Å². The molecule has 2 unspecified atom stereocenters. The predicted molar refractivity (Wildman–Crippen MR) is 230 cm³/mol. The minimum Gasteiger partial charge on any atom is -0.366 e. The lowest BCUT2D eigenvalue weighted by Gasteiger charge is -2.32. The van der Waals surface area contributed by atoms with E-state index >= 15 is 0 Å². The lowest BCUT2D eigenvalue weighted by atomic mass is 9.72. The quantitative estimate of drug-likeness (QED) is 0.194. The zero-order chi connectivity index (χ0) is 36.9. The van der Waals surface area contributed by atoms with Crippen LogP contribution >= 0.6 is 0 Å². The highest BCUT2D eigenvalue weighted by molar-refractivity contribution is 6.12. The van der Waals surface area contributed by atoms with Crippen LogP contribution in [-0.2, 0) is 6.42 Å². The van der Waals surface area contributed by atoms with Crippen LogP contribution in [0.3, 0.4) is 0 Å². The van der Waals surface area contributed by atoms with Crippen molar-refractivity contribution in [1.82, 2.24) is 19.1 Å². The normalized spacial score (nSPS) is 16.3. The van der Waals surface area contributed by atoms with Gasteiger partial charge in [0.25, 0.3) is 0 Å². The molecule has 0 saturated heterocycles. The molecule has 0 spiro atoms. The fraction of sp³-hybridized carbons (Fsp3) is 0.157. The molecule has 2 aliphatic carbocycles. The summed E-state index contributed by atoms with van der Waals surface area (Å²) in [5, 5.41) is 3.92. The summed E-state index contributed by atoms with van der Waals surface area (Å²) in [5.41, 5.74) is 22.0. The average molecular weight is 711 g/mol. The molecule has 0 saturated carbocycles. The Labute approximate surface area is 321 Å². The standard InChI is InChI=1S/C51H42N4/c1-30-8-5-10-34(20-30)36-13-15-48-44(22-36)46-24-40-32(3)33(4)41-25-47-45-23-37(35-11-6-9-31(2)21-35)14-16-49(45)55(39-17-19-53-29-39)51(47)27-43(41)42(40)26-50(46)54(48)38-12-7-18-52-28-38/h5-12,14,16-29,32-33,53H,13,15H2,1-4H3. The van der Waals surface area contributed by atoms with E-state index in [0.29, 0.717) is 11.8 Å². The summed E-state index contributed by atoms with van der Waals surface area (Å²) in [6.07, 6.45) is 12.5. The first-order chi connectivity index (χ1) is 26.9. The molecule has 0 amide bonds. The Bertz CT molecular complexity index is 3030. The predicted octanol–water partition coefficient (Wildman–Crippen LogP) is 13.1. The molecule has 9 aromatic rings. The van der Waals surface area contributed by atoms with Gasteiger partial charge in [-0.1, -0.05) is 79.6 Å². The minimum atomic E-state index is 0.351. The number of rotatable bonds is 4. The van der Waals surface area contributed by atoms with Crippen molar-refractivity contribution in [3.05, 3.63) is 173 Å². The molecule has 4 nitrogen and oxygen atoms in total. The summed E-state index contributed by atoms with van der Waals surface area (Å²) in [5.74, 6) is 0.705. The van der Waals surface area contributed by atoms with Gasteiger partial charge in [0.05, 0.1) is 34.1 Å². The number of hydrogen-bond acceptors (Lipinski definition) is 1. The molecule has 11 rings (SSSR count). The average Bonchev–Trinajstić information content (AvgIpc) is 3.93. The molecule has 2 atom stereocenters. The molecule has 0 bridgehead atoms. The van der Waals surface area contributed by atoms with E-state index < -0.39 is 0 Å². The van der Waals surface area contributed by atoms with Gasteiger partial charge in [-0.2, -0.15) is 0 Å². The third-order valence-corrected chi connectivity index (χ3v) is 12.7. The number of aryl methyl sites for hydroxylation is 2. The third-order valence-electron chi connectivity index (χ3n) is 12.7. The molecule has 266 valence electrons. The van der Waals surface area contributed by atoms with Gasteiger partial charge in [0.15, 0.2) is 0 Å². The molecule has 55 heavy (non-hydrogen) atoms. The van der Waals surface area contributed by atoms with Gasteiger partial charge < -0.3 is 14.1 Å². The van der Waals surface area contributed by atoms with E-state index in [1.54, 1.807) is 0 Å². The molecule has 0 radical (unpaired) electrons. The van der Waals surface area contributed by atoms with E-state index in [-0.39, 0.29) is 0 Å². The molecular formula is C51H42N4. The van der Waals surface area contributed by atoms with Crippen molar-refractivity contribution in [3.63, 3.8) is 0 Å². The Morgan fingerprint density at radius 2 is 1.29 bits per heavy atom. The van der Waals surface area contributed by atoms with Crippen LogP contribution < -0.4 is 0 Å². The van der Waals surface area contributed by atoms with Crippen LogP contribution in [0.4, 0.5) is 0 Å². The molecular weight excluding hydrogens is 669 g/mol. The van der Waals surface area contributed by atoms with Gasteiger partial charge in [-0.3, -0.25) is 4.98 Å². The van der Waals surface area contributed by atoms with Crippen LogP contribution in [0, 0.1) is 13.8 Å². The molecule has 4 heterocycles. The SMILES string of the molecule is Cc1cccc(C2=Cc3c(n(-c4cccnc4)c4cc5c(cc34)C(C)C(C)c3cc4c6cc(-c7cccc(C)c7)ccc6n(-c6cc[nH]c6)c4cc3-5)CC2)c1. The van der Waals surface area contributed by atoms with Crippen LogP contribution in [0.1, 0.15) is 71.2 Å². The lowest BCUT2D eigenvalue weighted by Crippen LogP contribution is -2.13. The molecule has 2 aliphatic rings. The van der Waals surface area contributed by atoms with E-state index in [4.69, 9.17) is 0 Å². The van der Waals surface area contributed by atoms with Crippen LogP contribution in [0.5, 0.6) is 0 Å². The van der Waals surface area contributed by atoms with Crippen molar-refractivity contribution in [2.75, 3.05) is 0 Å². The number of benzene rings is 5. The van der Waals surface area contributed by atoms with Gasteiger partial charge >= 0.3 is 0 Å². The fourth-order valence-corrected chi connectivity index (χ4v) is 9.76. The topological polar surface area (TPSA) is 38.5 Å². The summed E-state index contributed by atoms with van der Waals surface area (Å²) in [6, 6.07) is 41.3. The molecule has 5 aromatic carbocycles. The maximum atomic E-state index is 4.59. The molecule has 4 heteroatoms. The van der Waals surface area contributed by atoms with E-state index in [1.807, 2.05) is 18.6 Å². The second kappa shape index (κ2) is 12.1. The molecule has 1 N–H and O–H groups in total. The van der Waals surface area contributed by atoms with Gasteiger partial charge in [0.1, 0.15) is 0 Å². The fourth-order valence-electron chi connectivity index (χ4n) is 9.76. The van der Waals surface area contributed by atoms with Crippen LogP contribution in [0.15, 0.2) is 134 Å². The number of nitrogens with zero attached hydrogens (tertiary/aromatic N) is 3. The monoisotopic (exact) mass is 710 g/mol. The Morgan fingerprint density at radius 3 is 2.00 bits per heavy atom. The van der Waals surface area contributed by atoms with Gasteiger partial charge in [-0.25, -0.2) is 0 Å². The Morgan fingerprint density at radius 1 is 0.600 bits per heavy atom. The van der Waals surface area contributed by atoms with Crippen molar-refractivity contribution in [1.29, 1.82) is 0 Å². The Kier molecular flexibility index (Phi) is 7.03. The second-order valence-corrected chi connectivity index (χ2v) is 15.9. The van der Waals surface area contributed by atoms with Crippen molar-refractivity contribution >= 4 is 44.4 Å². The van der Waals surface area contributed by atoms with E-state index in [1.165, 1.54) is 99.6 Å². The van der Waals surface area contributed by atoms with Crippen LogP contribution in [0.25, 0.3) is 78.0 Å². The summed E-state index contributed by atoms with van der Waals surface area (Å²) < 4.78 is 4.93. The Balaban J connectivity index is 1.18. The smallest absolute Gasteiger partial charge is 0.0642 e. The maximum Gasteiger partial charge on any atom is 0.0642 e. The maximum absolute atomic E-state index is 4.59. The Hall–Kier alpha value is -6.39. The summed E-state index contributed by atoms with van der Waals surface area (Å²) in [6.45, 7) is 9.22. The number of fused-ring (bicyclic) bond motifs is 9. The molecule has 0 aliphatic heterocycles. The zero-order valence-corrected chi connectivity index (χ0v) is 31.7. The summed E-state index contributed by atoms with van der Waals surface area (Å²) >= 11 is 0. The van der Waals surface area contributed by atoms with Gasteiger partial charge in [0, 0.05) is 46.0 Å². The second-order valence-electron chi connectivity index (χ2n) is 15.9. The molecule has 4 aromatic heterocycles. The first-order valence-electron chi connectivity index (χ1n) is 19.6. The van der Waals surface area contributed by atoms with Gasteiger partial charge in [0.2, 0.25) is 0 Å². The van der Waals surface area contributed by atoms with Crippen molar-refractivity contribution in [2.24, 2.45) is 0 Å². The number of pyridine rings is 1. The van der Waals surface area contributed by atoms with E-state index in [2.05, 4.69) is 168 Å². The zero-order valence-electron chi connectivity index (χ0n) is 31.7. The number of aromatic amines is 1. The highest BCUT2D eigenvalue weighted by Crippen LogP contribution is 2.52. The van der Waals surface area contributed by atoms with Crippen molar-refractivity contribution < 1.29 is 0 Å². The number of aromatic nitrogens is 4. The number of allylic oxidation sites excluding steroid dienone is 1. The van der Waals surface area contributed by atoms with Crippen LogP contribution in [-0.4, -0.2) is 19.1 Å². The van der Waals surface area contributed by atoms with Crippen molar-refractivity contribution in [3.8, 4) is 33.6 Å². The first-order valence-corrected chi connectivity index (χ1v) is 19.6. The summed E-state index contributed by atoms with van der Waals surface area (Å²) in [7, 11) is 0. The largest absolute Gasteiger partial charge is 0.366 e. The van der Waals surface area contributed by atoms with Crippen LogP contribution in [0.2, 0.25) is 0 Å². The summed E-state index contributed by atoms with van der Waals surface area (Å²) in [4.78, 5) is 7.92. The number of H-pyrrole nitrogens is 1. The highest BCUT2D eigenvalue weighted by Gasteiger charge is 2.32. The first kappa shape index (κ1) is 32.1. The van der Waals surface area contributed by atoms with E-state index in [9.17, 15) is 0 Å². The molecule has 0 fully saturated rings. The highest BCUT2D eigenvalue weighted by atomic mass is 15.0.